The van der Waals surface area contributed by atoms with Gasteiger partial charge in [0.2, 0.25) is 15.9 Å². The second-order valence-corrected chi connectivity index (χ2v) is 9.08. The maximum atomic E-state index is 13.1. The van der Waals surface area contributed by atoms with Crippen molar-refractivity contribution in [3.63, 3.8) is 0 Å². The molecule has 0 aliphatic carbocycles. The number of sulfonamides is 1. The van der Waals surface area contributed by atoms with Crippen LogP contribution in [-0.4, -0.2) is 44.8 Å². The highest BCUT2D eigenvalue weighted by Crippen LogP contribution is 2.26. The number of anilines is 1. The fraction of sp³-hybridized carbons (Fsp3) is 0.333. The molecule has 0 atom stereocenters. The summed E-state index contributed by atoms with van der Waals surface area (Å²) in [6, 6.07) is 9.56. The van der Waals surface area contributed by atoms with Crippen molar-refractivity contribution in [1.82, 2.24) is 4.31 Å². The summed E-state index contributed by atoms with van der Waals surface area (Å²) in [7, 11) is -2.42. The minimum atomic E-state index is -3.72. The Morgan fingerprint density at radius 3 is 2.30 bits per heavy atom. The molecule has 0 spiro atoms. The molecule has 7 nitrogen and oxygen atoms in total. The van der Waals surface area contributed by atoms with Gasteiger partial charge in [0, 0.05) is 24.7 Å². The van der Waals surface area contributed by atoms with Gasteiger partial charge in [-0.2, -0.15) is 4.31 Å². The van der Waals surface area contributed by atoms with E-state index in [2.05, 4.69) is 10.1 Å². The number of piperidine rings is 1. The lowest BCUT2D eigenvalue weighted by molar-refractivity contribution is -0.120. The molecule has 0 unspecified atom stereocenters. The molecule has 1 saturated heterocycles. The summed E-state index contributed by atoms with van der Waals surface area (Å²) in [5.41, 5.74) is 1.71. The Morgan fingerprint density at radius 1 is 1.10 bits per heavy atom. The SMILES string of the molecule is COC(=O)c1ccc(NC(=O)C2CCN(S(=O)(=O)c3ccc(F)cc3)CC2)c(C)c1. The molecule has 1 aliphatic rings. The Labute approximate surface area is 174 Å². The van der Waals surface area contributed by atoms with Gasteiger partial charge in [0.25, 0.3) is 0 Å². The second-order valence-electron chi connectivity index (χ2n) is 7.14. The van der Waals surface area contributed by atoms with Crippen LogP contribution in [-0.2, 0) is 19.6 Å². The van der Waals surface area contributed by atoms with Gasteiger partial charge in [-0.1, -0.05) is 0 Å². The molecule has 1 amide bonds. The van der Waals surface area contributed by atoms with Crippen LogP contribution in [0.3, 0.4) is 0 Å². The number of aryl methyl sites for hydroxylation is 1. The maximum Gasteiger partial charge on any atom is 0.337 e. The maximum absolute atomic E-state index is 13.1. The molecular weight excluding hydrogens is 411 g/mol. The Balaban J connectivity index is 1.62. The lowest BCUT2D eigenvalue weighted by Crippen LogP contribution is -2.41. The van der Waals surface area contributed by atoms with E-state index in [1.54, 1.807) is 25.1 Å². The van der Waals surface area contributed by atoms with Crippen molar-refractivity contribution < 1.29 is 27.1 Å². The van der Waals surface area contributed by atoms with E-state index < -0.39 is 21.8 Å². The van der Waals surface area contributed by atoms with Crippen LogP contribution in [0.15, 0.2) is 47.4 Å². The van der Waals surface area contributed by atoms with E-state index in [0.29, 0.717) is 24.1 Å². The predicted molar refractivity (Wildman–Crippen MR) is 109 cm³/mol. The van der Waals surface area contributed by atoms with Gasteiger partial charge in [-0.15, -0.1) is 0 Å². The molecule has 30 heavy (non-hydrogen) atoms. The Hall–Kier alpha value is -2.78. The van der Waals surface area contributed by atoms with Gasteiger partial charge in [0.15, 0.2) is 0 Å². The molecule has 2 aromatic rings. The average Bonchev–Trinajstić information content (AvgIpc) is 2.75. The lowest BCUT2D eigenvalue weighted by Gasteiger charge is -2.30. The molecule has 1 fully saturated rings. The Kier molecular flexibility index (Phi) is 6.52. The van der Waals surface area contributed by atoms with Gasteiger partial charge < -0.3 is 10.1 Å². The standard InChI is InChI=1S/C21H23FN2O5S/c1-14-13-16(21(26)29-2)3-8-19(14)23-20(25)15-9-11-24(12-10-15)30(27,28)18-6-4-17(22)5-7-18/h3-8,13,15H,9-12H2,1-2H3,(H,23,25). The van der Waals surface area contributed by atoms with Gasteiger partial charge in [0.1, 0.15) is 5.82 Å². The van der Waals surface area contributed by atoms with Crippen LogP contribution in [0.2, 0.25) is 0 Å². The van der Waals surface area contributed by atoms with E-state index in [9.17, 15) is 22.4 Å². The summed E-state index contributed by atoms with van der Waals surface area (Å²) in [5.74, 6) is -1.47. The number of benzene rings is 2. The smallest absolute Gasteiger partial charge is 0.337 e. The van der Waals surface area contributed by atoms with Crippen LogP contribution < -0.4 is 5.32 Å². The molecule has 0 aromatic heterocycles. The van der Waals surface area contributed by atoms with Gasteiger partial charge in [-0.25, -0.2) is 17.6 Å². The van der Waals surface area contributed by atoms with Crippen LogP contribution in [0.1, 0.15) is 28.8 Å². The summed E-state index contributed by atoms with van der Waals surface area (Å²) in [6.45, 7) is 2.19. The Morgan fingerprint density at radius 2 is 1.73 bits per heavy atom. The molecule has 0 bridgehead atoms. The second kappa shape index (κ2) is 8.93. The first-order chi connectivity index (χ1) is 14.2. The molecule has 0 radical (unpaired) electrons. The topological polar surface area (TPSA) is 92.8 Å². The van der Waals surface area contributed by atoms with Crippen LogP contribution in [0.5, 0.6) is 0 Å². The van der Waals surface area contributed by atoms with E-state index in [4.69, 9.17) is 0 Å². The van der Waals surface area contributed by atoms with Crippen molar-refractivity contribution >= 4 is 27.6 Å². The van der Waals surface area contributed by atoms with E-state index in [1.165, 1.54) is 23.5 Å². The summed E-state index contributed by atoms with van der Waals surface area (Å²) < 4.78 is 44.4. The highest BCUT2D eigenvalue weighted by atomic mass is 32.2. The third-order valence-corrected chi connectivity index (χ3v) is 7.09. The quantitative estimate of drug-likeness (QED) is 0.731. The number of esters is 1. The zero-order valence-corrected chi connectivity index (χ0v) is 17.5. The van der Waals surface area contributed by atoms with Crippen molar-refractivity contribution in [2.24, 2.45) is 5.92 Å². The summed E-state index contributed by atoms with van der Waals surface area (Å²) in [6.07, 6.45) is 0.761. The Bertz CT molecular complexity index is 1050. The summed E-state index contributed by atoms with van der Waals surface area (Å²) >= 11 is 0. The first-order valence-corrected chi connectivity index (χ1v) is 10.9. The van der Waals surface area contributed by atoms with Crippen LogP contribution in [0, 0.1) is 18.7 Å². The number of nitrogens with zero attached hydrogens (tertiary/aromatic N) is 1. The molecule has 1 aliphatic heterocycles. The third kappa shape index (κ3) is 4.68. The van der Waals surface area contributed by atoms with E-state index in [-0.39, 0.29) is 29.8 Å². The molecule has 0 saturated carbocycles. The molecule has 1 N–H and O–H groups in total. The number of hydrogen-bond donors (Lipinski definition) is 1. The molecule has 2 aromatic carbocycles. The first-order valence-electron chi connectivity index (χ1n) is 9.48. The molecule has 160 valence electrons. The van der Waals surface area contributed by atoms with Crippen LogP contribution in [0.25, 0.3) is 0 Å². The van der Waals surface area contributed by atoms with Gasteiger partial charge in [-0.05, 0) is 67.8 Å². The molecule has 3 rings (SSSR count). The number of carbonyl (C=O) groups excluding carboxylic acids is 2. The van der Waals surface area contributed by atoms with Gasteiger partial charge >= 0.3 is 5.97 Å². The summed E-state index contributed by atoms with van der Waals surface area (Å²) in [4.78, 5) is 24.3. The highest BCUT2D eigenvalue weighted by molar-refractivity contribution is 7.89. The zero-order chi connectivity index (χ0) is 21.9. The number of amides is 1. The number of carbonyl (C=O) groups is 2. The number of hydrogen-bond acceptors (Lipinski definition) is 5. The fourth-order valence-electron chi connectivity index (χ4n) is 3.40. The molecule has 9 heteroatoms. The van der Waals surface area contributed by atoms with Gasteiger partial charge in [0.05, 0.1) is 17.6 Å². The molecule has 1 heterocycles. The number of halogens is 1. The zero-order valence-electron chi connectivity index (χ0n) is 16.7. The van der Waals surface area contributed by atoms with E-state index in [1.807, 2.05) is 0 Å². The average molecular weight is 434 g/mol. The van der Waals surface area contributed by atoms with Crippen molar-refractivity contribution in [3.05, 3.63) is 59.4 Å². The van der Waals surface area contributed by atoms with Crippen molar-refractivity contribution in [2.75, 3.05) is 25.5 Å². The van der Waals surface area contributed by atoms with Gasteiger partial charge in [-0.3, -0.25) is 4.79 Å². The molecular formula is C21H23FN2O5S. The number of methoxy groups -OCH3 is 1. The lowest BCUT2D eigenvalue weighted by atomic mass is 9.97. The fourth-order valence-corrected chi connectivity index (χ4v) is 4.87. The van der Waals surface area contributed by atoms with Crippen molar-refractivity contribution in [1.29, 1.82) is 0 Å². The monoisotopic (exact) mass is 434 g/mol. The van der Waals surface area contributed by atoms with Crippen LogP contribution in [0.4, 0.5) is 10.1 Å². The normalized spacial score (nSPS) is 15.6. The van der Waals surface area contributed by atoms with E-state index in [0.717, 1.165) is 17.7 Å². The number of ether oxygens (including phenoxy) is 1. The predicted octanol–water partition coefficient (Wildman–Crippen LogP) is 2.96. The van der Waals surface area contributed by atoms with E-state index >= 15 is 0 Å². The highest BCUT2D eigenvalue weighted by Gasteiger charge is 2.32. The first kappa shape index (κ1) is 21.9. The largest absolute Gasteiger partial charge is 0.465 e. The van der Waals surface area contributed by atoms with Crippen molar-refractivity contribution in [2.45, 2.75) is 24.7 Å². The minimum absolute atomic E-state index is 0.0353. The third-order valence-electron chi connectivity index (χ3n) is 5.18. The van der Waals surface area contributed by atoms with Crippen LogP contribution >= 0.6 is 0 Å². The number of nitrogens with one attached hydrogen (secondary N) is 1. The number of rotatable bonds is 5. The van der Waals surface area contributed by atoms with Crippen molar-refractivity contribution in [3.8, 4) is 0 Å². The minimum Gasteiger partial charge on any atom is -0.465 e. The summed E-state index contributed by atoms with van der Waals surface area (Å²) in [5, 5.41) is 2.85.